The number of hydrogen-bond acceptors (Lipinski definition) is 2. The molecule has 0 unspecified atom stereocenters. The van der Waals surface area contributed by atoms with Crippen LogP contribution in [0.4, 0.5) is 0 Å². The first-order valence-corrected chi connectivity index (χ1v) is 7.71. The molecule has 5 heteroatoms. The molecule has 0 aliphatic carbocycles. The van der Waals surface area contributed by atoms with Gasteiger partial charge in [-0.25, -0.2) is 0 Å². The van der Waals surface area contributed by atoms with Crippen molar-refractivity contribution in [3.8, 4) is 0 Å². The highest BCUT2D eigenvalue weighted by molar-refractivity contribution is 6.01. The van der Waals surface area contributed by atoms with E-state index in [2.05, 4.69) is 16.4 Å². The zero-order valence-corrected chi connectivity index (χ0v) is 13.6. The average molecular weight is 321 g/mol. The van der Waals surface area contributed by atoms with E-state index >= 15 is 0 Å². The maximum absolute atomic E-state index is 12.5. The molecule has 0 fully saturated rings. The van der Waals surface area contributed by atoms with Crippen molar-refractivity contribution in [3.05, 3.63) is 70.9 Å². The molecule has 0 aliphatic heterocycles. The van der Waals surface area contributed by atoms with Crippen molar-refractivity contribution in [2.24, 2.45) is 5.73 Å². The standard InChI is InChI=1S/C19H19N3O2/c1-11-8-12(2)14-10-16(21-15(14)9-11)19(24)22-17(18(20)23)13-6-4-3-5-7-13/h3-10,17,21H,1-2H3,(H2,20,23)(H,22,24)/t17-/m1/s1. The van der Waals surface area contributed by atoms with Crippen LogP contribution < -0.4 is 11.1 Å². The fourth-order valence-corrected chi connectivity index (χ4v) is 2.89. The number of primary amides is 1. The van der Waals surface area contributed by atoms with E-state index in [1.807, 2.05) is 26.0 Å². The zero-order valence-electron chi connectivity index (χ0n) is 13.6. The molecule has 0 saturated carbocycles. The molecule has 1 heterocycles. The Morgan fingerprint density at radius 1 is 1.08 bits per heavy atom. The first-order valence-electron chi connectivity index (χ1n) is 7.71. The van der Waals surface area contributed by atoms with Gasteiger partial charge >= 0.3 is 0 Å². The molecule has 0 aliphatic rings. The van der Waals surface area contributed by atoms with Gasteiger partial charge in [-0.2, -0.15) is 0 Å². The number of aromatic amines is 1. The van der Waals surface area contributed by atoms with Gasteiger partial charge in [0.1, 0.15) is 11.7 Å². The number of amides is 2. The van der Waals surface area contributed by atoms with Crippen molar-refractivity contribution in [3.63, 3.8) is 0 Å². The number of aryl methyl sites for hydroxylation is 2. The SMILES string of the molecule is Cc1cc(C)c2cc(C(=O)N[C@@H](C(N)=O)c3ccccc3)[nH]c2c1. The summed E-state index contributed by atoms with van der Waals surface area (Å²) >= 11 is 0. The Hall–Kier alpha value is -3.08. The molecule has 4 N–H and O–H groups in total. The van der Waals surface area contributed by atoms with Crippen molar-refractivity contribution in [1.82, 2.24) is 10.3 Å². The second-order valence-electron chi connectivity index (χ2n) is 5.95. The number of aromatic nitrogens is 1. The quantitative estimate of drug-likeness (QED) is 0.690. The summed E-state index contributed by atoms with van der Waals surface area (Å²) in [6, 6.07) is 13.9. The largest absolute Gasteiger partial charge is 0.368 e. The van der Waals surface area contributed by atoms with Crippen molar-refractivity contribution in [2.45, 2.75) is 19.9 Å². The van der Waals surface area contributed by atoms with E-state index in [1.54, 1.807) is 30.3 Å². The van der Waals surface area contributed by atoms with E-state index < -0.39 is 11.9 Å². The van der Waals surface area contributed by atoms with Crippen LogP contribution in [0, 0.1) is 13.8 Å². The van der Waals surface area contributed by atoms with E-state index in [1.165, 1.54) is 0 Å². The Morgan fingerprint density at radius 3 is 2.46 bits per heavy atom. The lowest BCUT2D eigenvalue weighted by Gasteiger charge is -2.15. The summed E-state index contributed by atoms with van der Waals surface area (Å²) in [6.45, 7) is 4.01. The van der Waals surface area contributed by atoms with Crippen LogP contribution in [-0.4, -0.2) is 16.8 Å². The van der Waals surface area contributed by atoms with Gasteiger partial charge in [0.15, 0.2) is 0 Å². The third kappa shape index (κ3) is 3.01. The van der Waals surface area contributed by atoms with Gasteiger partial charge in [-0.1, -0.05) is 36.4 Å². The van der Waals surface area contributed by atoms with Gasteiger partial charge in [0.2, 0.25) is 5.91 Å². The van der Waals surface area contributed by atoms with Crippen LogP contribution in [0.1, 0.15) is 33.2 Å². The monoisotopic (exact) mass is 321 g/mol. The summed E-state index contributed by atoms with van der Waals surface area (Å²) in [7, 11) is 0. The van der Waals surface area contributed by atoms with Gasteiger partial charge in [0, 0.05) is 10.9 Å². The second kappa shape index (κ2) is 6.20. The molecular weight excluding hydrogens is 302 g/mol. The van der Waals surface area contributed by atoms with Crippen molar-refractivity contribution in [1.29, 1.82) is 0 Å². The Labute approximate surface area is 139 Å². The van der Waals surface area contributed by atoms with Crippen LogP contribution in [-0.2, 0) is 4.79 Å². The van der Waals surface area contributed by atoms with Crippen LogP contribution in [0.3, 0.4) is 0 Å². The number of rotatable bonds is 4. The Balaban J connectivity index is 1.91. The highest BCUT2D eigenvalue weighted by atomic mass is 16.2. The molecule has 2 aromatic carbocycles. The minimum absolute atomic E-state index is 0.365. The number of carbonyl (C=O) groups excluding carboxylic acids is 2. The molecule has 1 aromatic heterocycles. The molecule has 1 atom stereocenters. The lowest BCUT2D eigenvalue weighted by atomic mass is 10.1. The van der Waals surface area contributed by atoms with Crippen LogP contribution in [0.25, 0.3) is 10.9 Å². The number of nitrogens with two attached hydrogens (primary N) is 1. The fraction of sp³-hybridized carbons (Fsp3) is 0.158. The third-order valence-corrected chi connectivity index (χ3v) is 4.03. The molecule has 2 amide bonds. The molecule has 3 aromatic rings. The molecule has 0 saturated heterocycles. The van der Waals surface area contributed by atoms with Crippen molar-refractivity contribution in [2.75, 3.05) is 0 Å². The lowest BCUT2D eigenvalue weighted by molar-refractivity contribution is -0.120. The molecule has 0 bridgehead atoms. The van der Waals surface area contributed by atoms with Gasteiger partial charge in [-0.15, -0.1) is 0 Å². The van der Waals surface area contributed by atoms with E-state index in [9.17, 15) is 9.59 Å². The highest BCUT2D eigenvalue weighted by Crippen LogP contribution is 2.22. The smallest absolute Gasteiger partial charge is 0.268 e. The zero-order chi connectivity index (χ0) is 17.3. The number of H-pyrrole nitrogens is 1. The van der Waals surface area contributed by atoms with Gasteiger partial charge in [-0.05, 0) is 42.7 Å². The molecular formula is C19H19N3O2. The predicted octanol–water partition coefficient (Wildman–Crippen LogP) is 2.74. The number of carbonyl (C=O) groups is 2. The predicted molar refractivity (Wildman–Crippen MR) is 93.6 cm³/mol. The maximum Gasteiger partial charge on any atom is 0.268 e. The minimum Gasteiger partial charge on any atom is -0.368 e. The summed E-state index contributed by atoms with van der Waals surface area (Å²) in [5, 5.41) is 3.69. The van der Waals surface area contributed by atoms with Crippen LogP contribution in [0.2, 0.25) is 0 Å². The summed E-state index contributed by atoms with van der Waals surface area (Å²) in [6.07, 6.45) is 0. The van der Waals surface area contributed by atoms with Gasteiger partial charge < -0.3 is 16.0 Å². The summed E-state index contributed by atoms with van der Waals surface area (Å²) in [5.41, 5.74) is 9.62. The molecule has 122 valence electrons. The van der Waals surface area contributed by atoms with Crippen LogP contribution in [0.15, 0.2) is 48.5 Å². The van der Waals surface area contributed by atoms with Gasteiger partial charge in [0.25, 0.3) is 5.91 Å². The molecule has 3 rings (SSSR count). The molecule has 0 radical (unpaired) electrons. The average Bonchev–Trinajstić information content (AvgIpc) is 2.97. The van der Waals surface area contributed by atoms with E-state index in [0.717, 1.165) is 22.0 Å². The Morgan fingerprint density at radius 2 is 1.79 bits per heavy atom. The normalized spacial score (nSPS) is 12.1. The Bertz CT molecular complexity index is 913. The van der Waals surface area contributed by atoms with E-state index in [0.29, 0.717) is 11.3 Å². The van der Waals surface area contributed by atoms with Gasteiger partial charge in [0.05, 0.1) is 0 Å². The number of fused-ring (bicyclic) bond motifs is 1. The molecule has 5 nitrogen and oxygen atoms in total. The van der Waals surface area contributed by atoms with Gasteiger partial charge in [-0.3, -0.25) is 9.59 Å². The lowest BCUT2D eigenvalue weighted by Crippen LogP contribution is -2.37. The van der Waals surface area contributed by atoms with Crippen LogP contribution >= 0.6 is 0 Å². The topological polar surface area (TPSA) is 88.0 Å². The second-order valence-corrected chi connectivity index (χ2v) is 5.95. The Kier molecular flexibility index (Phi) is 4.08. The third-order valence-electron chi connectivity index (χ3n) is 4.03. The van der Waals surface area contributed by atoms with Crippen molar-refractivity contribution >= 4 is 22.7 Å². The van der Waals surface area contributed by atoms with Crippen LogP contribution in [0.5, 0.6) is 0 Å². The molecule has 0 spiro atoms. The summed E-state index contributed by atoms with van der Waals surface area (Å²) in [4.78, 5) is 27.4. The first-order chi connectivity index (χ1) is 11.5. The number of hydrogen-bond donors (Lipinski definition) is 3. The van der Waals surface area contributed by atoms with E-state index in [-0.39, 0.29) is 5.91 Å². The molecule has 24 heavy (non-hydrogen) atoms. The van der Waals surface area contributed by atoms with E-state index in [4.69, 9.17) is 5.73 Å². The summed E-state index contributed by atoms with van der Waals surface area (Å²) < 4.78 is 0. The minimum atomic E-state index is -0.868. The maximum atomic E-state index is 12.5. The number of nitrogens with one attached hydrogen (secondary N) is 2. The van der Waals surface area contributed by atoms with Crippen molar-refractivity contribution < 1.29 is 9.59 Å². The number of benzene rings is 2. The highest BCUT2D eigenvalue weighted by Gasteiger charge is 2.21. The first kappa shape index (κ1) is 15.8. The summed E-state index contributed by atoms with van der Waals surface area (Å²) in [5.74, 6) is -0.964. The fourth-order valence-electron chi connectivity index (χ4n) is 2.89.